The second-order valence-electron chi connectivity index (χ2n) is 5.09. The topological polar surface area (TPSA) is 58.2 Å². The van der Waals surface area contributed by atoms with Crippen LogP contribution in [-0.2, 0) is 17.8 Å². The third-order valence-electron chi connectivity index (χ3n) is 3.55. The van der Waals surface area contributed by atoms with Gasteiger partial charge in [0.2, 0.25) is 5.91 Å². The Labute approximate surface area is 123 Å². The number of fused-ring (bicyclic) bond motifs is 1. The molecule has 106 valence electrons. The van der Waals surface area contributed by atoms with Gasteiger partial charge in [0, 0.05) is 24.2 Å². The van der Waals surface area contributed by atoms with Gasteiger partial charge in [0.1, 0.15) is 0 Å². The van der Waals surface area contributed by atoms with Gasteiger partial charge in [-0.05, 0) is 35.7 Å². The van der Waals surface area contributed by atoms with Crippen LogP contribution in [0.25, 0.3) is 0 Å². The summed E-state index contributed by atoms with van der Waals surface area (Å²) < 4.78 is 0. The van der Waals surface area contributed by atoms with Gasteiger partial charge < -0.3 is 10.6 Å². The van der Waals surface area contributed by atoms with E-state index in [0.29, 0.717) is 18.5 Å². The van der Waals surface area contributed by atoms with E-state index in [1.54, 1.807) is 12.1 Å². The van der Waals surface area contributed by atoms with E-state index in [9.17, 15) is 9.59 Å². The van der Waals surface area contributed by atoms with Crippen LogP contribution in [0.1, 0.15) is 27.9 Å². The van der Waals surface area contributed by atoms with Gasteiger partial charge in [-0.1, -0.05) is 30.3 Å². The number of carbonyl (C=O) groups excluding carboxylic acids is 2. The van der Waals surface area contributed by atoms with Gasteiger partial charge >= 0.3 is 0 Å². The minimum absolute atomic E-state index is 0.0626. The van der Waals surface area contributed by atoms with Crippen molar-refractivity contribution in [3.63, 3.8) is 0 Å². The van der Waals surface area contributed by atoms with Gasteiger partial charge in [-0.25, -0.2) is 0 Å². The van der Waals surface area contributed by atoms with Gasteiger partial charge in [-0.2, -0.15) is 0 Å². The number of rotatable bonds is 3. The van der Waals surface area contributed by atoms with Crippen molar-refractivity contribution in [3.8, 4) is 0 Å². The first-order valence-electron chi connectivity index (χ1n) is 6.97. The molecule has 2 aromatic rings. The average Bonchev–Trinajstić information content (AvgIpc) is 2.53. The number of aryl methyl sites for hydroxylation is 1. The fraction of sp³-hybridized carbons (Fsp3) is 0.176. The molecular formula is C17H16N2O2. The lowest BCUT2D eigenvalue weighted by Gasteiger charge is -2.17. The molecule has 2 amide bonds. The van der Waals surface area contributed by atoms with Crippen LogP contribution in [0.3, 0.4) is 0 Å². The molecule has 1 aliphatic rings. The van der Waals surface area contributed by atoms with Gasteiger partial charge in [0.15, 0.2) is 0 Å². The summed E-state index contributed by atoms with van der Waals surface area (Å²) in [5.41, 5.74) is 3.70. The second-order valence-corrected chi connectivity index (χ2v) is 5.09. The summed E-state index contributed by atoms with van der Waals surface area (Å²) in [6.45, 7) is 0.481. The van der Waals surface area contributed by atoms with Gasteiger partial charge in [-0.15, -0.1) is 0 Å². The van der Waals surface area contributed by atoms with E-state index in [4.69, 9.17) is 0 Å². The Balaban J connectivity index is 1.66. The standard InChI is InChI=1S/C17H16N2O2/c20-16-9-7-14-10-12(6-8-15(14)19-16)11-18-17(21)13-4-2-1-3-5-13/h1-6,8,10H,7,9,11H2,(H,18,21)(H,19,20). The molecule has 0 fully saturated rings. The third-order valence-corrected chi connectivity index (χ3v) is 3.55. The Morgan fingerprint density at radius 3 is 2.71 bits per heavy atom. The summed E-state index contributed by atoms with van der Waals surface area (Å²) in [5, 5.41) is 5.76. The Morgan fingerprint density at radius 2 is 1.90 bits per heavy atom. The zero-order chi connectivity index (χ0) is 14.7. The third kappa shape index (κ3) is 3.11. The molecule has 3 rings (SSSR count). The highest BCUT2D eigenvalue weighted by Gasteiger charge is 2.14. The van der Waals surface area contributed by atoms with Crippen LogP contribution in [0.2, 0.25) is 0 Å². The summed E-state index contributed by atoms with van der Waals surface area (Å²) in [5.74, 6) is -0.0192. The fourth-order valence-electron chi connectivity index (χ4n) is 2.42. The molecule has 2 aromatic carbocycles. The van der Waals surface area contributed by atoms with Crippen molar-refractivity contribution < 1.29 is 9.59 Å². The maximum absolute atomic E-state index is 12.0. The van der Waals surface area contributed by atoms with Crippen LogP contribution in [0.5, 0.6) is 0 Å². The lowest BCUT2D eigenvalue weighted by Crippen LogP contribution is -2.23. The highest BCUT2D eigenvalue weighted by Crippen LogP contribution is 2.23. The van der Waals surface area contributed by atoms with Gasteiger partial charge in [0.25, 0.3) is 5.91 Å². The Bertz CT molecular complexity index is 680. The predicted molar refractivity (Wildman–Crippen MR) is 81.0 cm³/mol. The normalized spacial score (nSPS) is 13.2. The molecule has 4 nitrogen and oxygen atoms in total. The van der Waals surface area contributed by atoms with E-state index in [2.05, 4.69) is 10.6 Å². The number of hydrogen-bond donors (Lipinski definition) is 2. The van der Waals surface area contributed by atoms with Crippen LogP contribution < -0.4 is 10.6 Å². The molecule has 0 aliphatic carbocycles. The molecular weight excluding hydrogens is 264 g/mol. The van der Waals surface area contributed by atoms with Crippen molar-refractivity contribution >= 4 is 17.5 Å². The van der Waals surface area contributed by atoms with E-state index in [-0.39, 0.29) is 11.8 Å². The average molecular weight is 280 g/mol. The molecule has 4 heteroatoms. The molecule has 0 saturated carbocycles. The van der Waals surface area contributed by atoms with Gasteiger partial charge in [-0.3, -0.25) is 9.59 Å². The zero-order valence-corrected chi connectivity index (χ0v) is 11.6. The highest BCUT2D eigenvalue weighted by atomic mass is 16.2. The van der Waals surface area contributed by atoms with Crippen LogP contribution in [-0.4, -0.2) is 11.8 Å². The minimum Gasteiger partial charge on any atom is -0.348 e. The smallest absolute Gasteiger partial charge is 0.251 e. The Kier molecular flexibility index (Phi) is 3.69. The molecule has 0 spiro atoms. The number of carbonyl (C=O) groups is 2. The van der Waals surface area contributed by atoms with E-state index in [0.717, 1.165) is 23.2 Å². The van der Waals surface area contributed by atoms with Crippen LogP contribution in [0, 0.1) is 0 Å². The zero-order valence-electron chi connectivity index (χ0n) is 11.6. The first-order chi connectivity index (χ1) is 10.2. The summed E-state index contributed by atoms with van der Waals surface area (Å²) >= 11 is 0. The summed E-state index contributed by atoms with van der Waals surface area (Å²) in [6, 6.07) is 15.0. The second kappa shape index (κ2) is 5.79. The van der Waals surface area contributed by atoms with E-state index in [1.807, 2.05) is 36.4 Å². The SMILES string of the molecule is O=C1CCc2cc(CNC(=O)c3ccccc3)ccc2N1. The van der Waals surface area contributed by atoms with Crippen LogP contribution in [0.15, 0.2) is 48.5 Å². The first kappa shape index (κ1) is 13.4. The highest BCUT2D eigenvalue weighted by molar-refractivity contribution is 5.94. The Hall–Kier alpha value is -2.62. The van der Waals surface area contributed by atoms with Crippen LogP contribution >= 0.6 is 0 Å². The van der Waals surface area contributed by atoms with E-state index in [1.165, 1.54) is 0 Å². The van der Waals surface area contributed by atoms with Crippen molar-refractivity contribution in [2.24, 2.45) is 0 Å². The molecule has 1 aliphatic heterocycles. The lowest BCUT2D eigenvalue weighted by molar-refractivity contribution is -0.116. The molecule has 1 heterocycles. The van der Waals surface area contributed by atoms with Crippen molar-refractivity contribution in [2.75, 3.05) is 5.32 Å². The number of amides is 2. The number of hydrogen-bond acceptors (Lipinski definition) is 2. The quantitative estimate of drug-likeness (QED) is 0.907. The van der Waals surface area contributed by atoms with Crippen molar-refractivity contribution in [1.82, 2.24) is 5.32 Å². The number of anilines is 1. The molecule has 0 bridgehead atoms. The largest absolute Gasteiger partial charge is 0.348 e. The van der Waals surface area contributed by atoms with Crippen molar-refractivity contribution in [3.05, 3.63) is 65.2 Å². The van der Waals surface area contributed by atoms with Gasteiger partial charge in [0.05, 0.1) is 0 Å². The maximum Gasteiger partial charge on any atom is 0.251 e. The Morgan fingerprint density at radius 1 is 1.10 bits per heavy atom. The monoisotopic (exact) mass is 280 g/mol. The summed E-state index contributed by atoms with van der Waals surface area (Å²) in [6.07, 6.45) is 1.27. The predicted octanol–water partition coefficient (Wildman–Crippen LogP) is 2.50. The molecule has 2 N–H and O–H groups in total. The van der Waals surface area contributed by atoms with E-state index < -0.39 is 0 Å². The first-order valence-corrected chi connectivity index (χ1v) is 6.97. The molecule has 0 aromatic heterocycles. The minimum atomic E-state index is -0.0818. The number of benzene rings is 2. The van der Waals surface area contributed by atoms with Crippen molar-refractivity contribution in [1.29, 1.82) is 0 Å². The fourth-order valence-corrected chi connectivity index (χ4v) is 2.42. The maximum atomic E-state index is 12.0. The molecule has 0 unspecified atom stereocenters. The summed E-state index contributed by atoms with van der Waals surface area (Å²) in [7, 11) is 0. The van der Waals surface area contributed by atoms with Crippen LogP contribution in [0.4, 0.5) is 5.69 Å². The molecule has 0 saturated heterocycles. The molecule has 0 radical (unpaired) electrons. The van der Waals surface area contributed by atoms with E-state index >= 15 is 0 Å². The lowest BCUT2D eigenvalue weighted by atomic mass is 10.0. The van der Waals surface area contributed by atoms with Crippen molar-refractivity contribution in [2.45, 2.75) is 19.4 Å². The summed E-state index contributed by atoms with van der Waals surface area (Å²) in [4.78, 5) is 23.3. The molecule has 0 atom stereocenters. The molecule has 21 heavy (non-hydrogen) atoms. The number of nitrogens with one attached hydrogen (secondary N) is 2.